The van der Waals surface area contributed by atoms with Crippen molar-refractivity contribution >= 4 is 12.0 Å². The number of piperazine rings is 1. The molecule has 1 saturated heterocycles. The molecule has 1 fully saturated rings. The molecular weight excluding hydrogens is 196 g/mol. The van der Waals surface area contributed by atoms with E-state index in [4.69, 9.17) is 5.11 Å². The fourth-order valence-corrected chi connectivity index (χ4v) is 1.86. The van der Waals surface area contributed by atoms with E-state index in [1.165, 1.54) is 4.90 Å². The third-order valence-electron chi connectivity index (χ3n) is 2.68. The van der Waals surface area contributed by atoms with Crippen molar-refractivity contribution in [1.29, 1.82) is 0 Å². The zero-order valence-electron chi connectivity index (χ0n) is 9.27. The van der Waals surface area contributed by atoms with Gasteiger partial charge in [-0.25, -0.2) is 4.79 Å². The second-order valence-electron chi connectivity index (χ2n) is 3.91. The van der Waals surface area contributed by atoms with Crippen molar-refractivity contribution in [3.63, 3.8) is 0 Å². The van der Waals surface area contributed by atoms with E-state index in [1.54, 1.807) is 4.90 Å². The summed E-state index contributed by atoms with van der Waals surface area (Å²) in [5, 5.41) is 8.81. The summed E-state index contributed by atoms with van der Waals surface area (Å²) >= 11 is 0. The third kappa shape index (κ3) is 2.84. The highest BCUT2D eigenvalue weighted by Crippen LogP contribution is 2.11. The first-order valence-corrected chi connectivity index (χ1v) is 5.33. The summed E-state index contributed by atoms with van der Waals surface area (Å²) < 4.78 is 0. The summed E-state index contributed by atoms with van der Waals surface area (Å²) in [6.45, 7) is 5.23. The molecule has 1 aliphatic rings. The molecule has 0 aromatic carbocycles. The Bertz CT molecular complexity index is 255. The molecule has 0 aliphatic carbocycles. The Balaban J connectivity index is 2.52. The first-order chi connectivity index (χ1) is 7.06. The zero-order chi connectivity index (χ0) is 11.4. The number of amides is 2. The largest absolute Gasteiger partial charge is 0.465 e. The molecule has 0 aromatic heterocycles. The van der Waals surface area contributed by atoms with Crippen molar-refractivity contribution in [2.45, 2.75) is 32.7 Å². The van der Waals surface area contributed by atoms with Crippen LogP contribution in [0.1, 0.15) is 26.7 Å². The van der Waals surface area contributed by atoms with E-state index in [1.807, 2.05) is 13.8 Å². The summed E-state index contributed by atoms with van der Waals surface area (Å²) in [7, 11) is 0. The van der Waals surface area contributed by atoms with Gasteiger partial charge in [-0.1, -0.05) is 6.92 Å². The lowest BCUT2D eigenvalue weighted by Crippen LogP contribution is -2.55. The Hall–Kier alpha value is -1.26. The minimum Gasteiger partial charge on any atom is -0.465 e. The predicted molar refractivity (Wildman–Crippen MR) is 55.7 cm³/mol. The van der Waals surface area contributed by atoms with Crippen LogP contribution in [0.2, 0.25) is 0 Å². The number of hydrogen-bond acceptors (Lipinski definition) is 2. The van der Waals surface area contributed by atoms with Crippen LogP contribution in [-0.2, 0) is 4.79 Å². The molecule has 0 bridgehead atoms. The molecule has 5 heteroatoms. The highest BCUT2D eigenvalue weighted by molar-refractivity contribution is 5.77. The Kier molecular flexibility index (Phi) is 3.94. The number of carbonyl (C=O) groups excluding carboxylic acids is 1. The number of carbonyl (C=O) groups is 2. The van der Waals surface area contributed by atoms with Crippen LogP contribution in [0, 0.1) is 0 Å². The molecule has 1 heterocycles. The van der Waals surface area contributed by atoms with Crippen LogP contribution in [-0.4, -0.2) is 52.6 Å². The normalized spacial score (nSPS) is 21.6. The maximum atomic E-state index is 11.6. The smallest absolute Gasteiger partial charge is 0.407 e. The average Bonchev–Trinajstić information content (AvgIpc) is 2.17. The Morgan fingerprint density at radius 3 is 2.53 bits per heavy atom. The maximum absolute atomic E-state index is 11.6. The van der Waals surface area contributed by atoms with E-state index in [2.05, 4.69) is 0 Å². The van der Waals surface area contributed by atoms with Crippen LogP contribution in [0.3, 0.4) is 0 Å². The van der Waals surface area contributed by atoms with Crippen LogP contribution in [0.15, 0.2) is 0 Å². The van der Waals surface area contributed by atoms with Crippen LogP contribution < -0.4 is 0 Å². The van der Waals surface area contributed by atoms with E-state index >= 15 is 0 Å². The van der Waals surface area contributed by atoms with Crippen molar-refractivity contribution in [2.24, 2.45) is 0 Å². The summed E-state index contributed by atoms with van der Waals surface area (Å²) in [5.41, 5.74) is 0. The second-order valence-corrected chi connectivity index (χ2v) is 3.91. The van der Waals surface area contributed by atoms with Gasteiger partial charge in [0.05, 0.1) is 0 Å². The first kappa shape index (κ1) is 11.8. The Morgan fingerprint density at radius 2 is 2.07 bits per heavy atom. The standard InChI is InChI=1S/C10H18N2O3/c1-3-4-9(13)12-6-5-11(10(14)15)7-8(12)2/h8H,3-7H2,1-2H3,(H,14,15)/t8-/m1/s1. The minimum atomic E-state index is -0.899. The lowest BCUT2D eigenvalue weighted by molar-refractivity contribution is -0.135. The number of rotatable bonds is 2. The minimum absolute atomic E-state index is 0.00565. The van der Waals surface area contributed by atoms with Gasteiger partial charge in [0, 0.05) is 32.1 Å². The fraction of sp³-hybridized carbons (Fsp3) is 0.800. The number of nitrogens with zero attached hydrogens (tertiary/aromatic N) is 2. The summed E-state index contributed by atoms with van der Waals surface area (Å²) in [5.74, 6) is 0.134. The molecule has 0 aromatic rings. The Morgan fingerprint density at radius 1 is 1.40 bits per heavy atom. The van der Waals surface area contributed by atoms with Crippen molar-refractivity contribution in [2.75, 3.05) is 19.6 Å². The van der Waals surface area contributed by atoms with Gasteiger partial charge in [0.15, 0.2) is 0 Å². The summed E-state index contributed by atoms with van der Waals surface area (Å²) in [4.78, 5) is 25.5. The monoisotopic (exact) mass is 214 g/mol. The molecule has 0 spiro atoms. The molecule has 0 radical (unpaired) electrons. The molecule has 2 amide bonds. The van der Waals surface area contributed by atoms with E-state index in [0.717, 1.165) is 6.42 Å². The molecule has 0 unspecified atom stereocenters. The van der Waals surface area contributed by atoms with Crippen LogP contribution >= 0.6 is 0 Å². The third-order valence-corrected chi connectivity index (χ3v) is 2.68. The van der Waals surface area contributed by atoms with E-state index in [9.17, 15) is 9.59 Å². The van der Waals surface area contributed by atoms with E-state index in [0.29, 0.717) is 26.1 Å². The summed E-state index contributed by atoms with van der Waals surface area (Å²) in [6.07, 6.45) is 0.492. The maximum Gasteiger partial charge on any atom is 0.407 e. The van der Waals surface area contributed by atoms with Crippen LogP contribution in [0.4, 0.5) is 4.79 Å². The number of hydrogen-bond donors (Lipinski definition) is 1. The quantitative estimate of drug-likeness (QED) is 0.746. The second kappa shape index (κ2) is 5.00. The molecular formula is C10H18N2O3. The van der Waals surface area contributed by atoms with E-state index in [-0.39, 0.29) is 11.9 Å². The topological polar surface area (TPSA) is 60.9 Å². The molecule has 1 N–H and O–H groups in total. The van der Waals surface area contributed by atoms with Gasteiger partial charge in [0.25, 0.3) is 0 Å². The molecule has 86 valence electrons. The summed E-state index contributed by atoms with van der Waals surface area (Å²) in [6, 6.07) is -0.00565. The van der Waals surface area contributed by atoms with Gasteiger partial charge < -0.3 is 14.9 Å². The first-order valence-electron chi connectivity index (χ1n) is 5.33. The lowest BCUT2D eigenvalue weighted by Gasteiger charge is -2.38. The van der Waals surface area contributed by atoms with Crippen molar-refractivity contribution in [3.05, 3.63) is 0 Å². The highest BCUT2D eigenvalue weighted by atomic mass is 16.4. The van der Waals surface area contributed by atoms with Gasteiger partial charge in [-0.05, 0) is 13.3 Å². The predicted octanol–water partition coefficient (Wildman–Crippen LogP) is 0.997. The molecule has 5 nitrogen and oxygen atoms in total. The SMILES string of the molecule is CCCC(=O)N1CCN(C(=O)O)C[C@H]1C. The lowest BCUT2D eigenvalue weighted by atomic mass is 10.1. The molecule has 1 aliphatic heterocycles. The molecule has 15 heavy (non-hydrogen) atoms. The van der Waals surface area contributed by atoms with Crippen molar-refractivity contribution in [1.82, 2.24) is 9.80 Å². The van der Waals surface area contributed by atoms with Crippen molar-refractivity contribution in [3.8, 4) is 0 Å². The zero-order valence-corrected chi connectivity index (χ0v) is 9.27. The van der Waals surface area contributed by atoms with Crippen LogP contribution in [0.25, 0.3) is 0 Å². The van der Waals surface area contributed by atoms with Gasteiger partial charge in [-0.2, -0.15) is 0 Å². The van der Waals surface area contributed by atoms with Gasteiger partial charge in [0.2, 0.25) is 5.91 Å². The van der Waals surface area contributed by atoms with Gasteiger partial charge in [0.1, 0.15) is 0 Å². The van der Waals surface area contributed by atoms with Gasteiger partial charge in [-0.15, -0.1) is 0 Å². The molecule has 0 saturated carbocycles. The molecule has 1 atom stereocenters. The number of carboxylic acid groups (broad SMARTS) is 1. The van der Waals surface area contributed by atoms with Crippen molar-refractivity contribution < 1.29 is 14.7 Å². The van der Waals surface area contributed by atoms with E-state index < -0.39 is 6.09 Å². The van der Waals surface area contributed by atoms with Gasteiger partial charge >= 0.3 is 6.09 Å². The fourth-order valence-electron chi connectivity index (χ4n) is 1.86. The molecule has 1 rings (SSSR count). The van der Waals surface area contributed by atoms with Crippen LogP contribution in [0.5, 0.6) is 0 Å². The highest BCUT2D eigenvalue weighted by Gasteiger charge is 2.28. The van der Waals surface area contributed by atoms with Gasteiger partial charge in [-0.3, -0.25) is 4.79 Å². The Labute approximate surface area is 89.7 Å². The average molecular weight is 214 g/mol.